The average molecular weight is 336 g/mol. The maximum atomic E-state index is 13.1. The van der Waals surface area contributed by atoms with E-state index >= 15 is 0 Å². The van der Waals surface area contributed by atoms with Crippen LogP contribution >= 0.6 is 0 Å². The summed E-state index contributed by atoms with van der Waals surface area (Å²) < 4.78 is 13.1. The van der Waals surface area contributed by atoms with Crippen LogP contribution in [0.15, 0.2) is 61.2 Å². The first kappa shape index (κ1) is 16.7. The van der Waals surface area contributed by atoms with Crippen molar-refractivity contribution >= 4 is 5.91 Å². The smallest absolute Gasteiger partial charge is 0.254 e. The normalized spacial score (nSPS) is 11.8. The second kappa shape index (κ2) is 7.61. The van der Waals surface area contributed by atoms with E-state index in [1.165, 1.54) is 24.5 Å². The first-order valence-corrected chi connectivity index (χ1v) is 7.96. The predicted molar refractivity (Wildman–Crippen MR) is 92.2 cm³/mol. The summed E-state index contributed by atoms with van der Waals surface area (Å²) in [5.74, 6) is -0.0616. The first-order chi connectivity index (χ1) is 12.2. The fourth-order valence-electron chi connectivity index (χ4n) is 2.45. The fourth-order valence-corrected chi connectivity index (χ4v) is 2.45. The largest absolute Gasteiger partial charge is 0.345 e. The second-order valence-corrected chi connectivity index (χ2v) is 5.52. The Morgan fingerprint density at radius 2 is 1.84 bits per heavy atom. The van der Waals surface area contributed by atoms with Gasteiger partial charge in [0.05, 0.1) is 11.6 Å². The monoisotopic (exact) mass is 336 g/mol. The van der Waals surface area contributed by atoms with Crippen molar-refractivity contribution in [2.45, 2.75) is 19.4 Å². The van der Waals surface area contributed by atoms with Crippen molar-refractivity contribution < 1.29 is 9.18 Å². The highest BCUT2D eigenvalue weighted by molar-refractivity contribution is 5.94. The summed E-state index contributed by atoms with van der Waals surface area (Å²) >= 11 is 0. The summed E-state index contributed by atoms with van der Waals surface area (Å²) in [7, 11) is 0. The molecular weight excluding hydrogens is 319 g/mol. The lowest BCUT2D eigenvalue weighted by atomic mass is 10.0. The summed E-state index contributed by atoms with van der Waals surface area (Å²) in [6, 6.07) is 9.56. The molecule has 0 saturated carbocycles. The molecule has 2 heterocycles. The molecule has 126 valence electrons. The highest BCUT2D eigenvalue weighted by Crippen LogP contribution is 2.18. The predicted octanol–water partition coefficient (Wildman–Crippen LogP) is 3.56. The standard InChI is InChI=1S/C19H17FN4O/c1-2-17(13-5-7-16(20)8-6-13)24-19(25)15-11-22-18(23-12-15)14-4-3-9-21-10-14/h3-12,17H,2H2,1H3,(H,24,25)/t17-/m1/s1. The van der Waals surface area contributed by atoms with Gasteiger partial charge in [0, 0.05) is 30.4 Å². The van der Waals surface area contributed by atoms with Crippen molar-refractivity contribution in [2.75, 3.05) is 0 Å². The Balaban J connectivity index is 1.73. The minimum Gasteiger partial charge on any atom is -0.345 e. The Kier molecular flexibility index (Phi) is 5.09. The van der Waals surface area contributed by atoms with Gasteiger partial charge in [-0.15, -0.1) is 0 Å². The molecular formula is C19H17FN4O. The third-order valence-corrected chi connectivity index (χ3v) is 3.82. The van der Waals surface area contributed by atoms with Gasteiger partial charge >= 0.3 is 0 Å². The Hall–Kier alpha value is -3.15. The number of nitrogens with zero attached hydrogens (tertiary/aromatic N) is 3. The van der Waals surface area contributed by atoms with E-state index in [4.69, 9.17) is 0 Å². The van der Waals surface area contributed by atoms with Crippen LogP contribution in [0.3, 0.4) is 0 Å². The van der Waals surface area contributed by atoms with E-state index in [1.54, 1.807) is 30.6 Å². The van der Waals surface area contributed by atoms with Crippen molar-refractivity contribution in [1.82, 2.24) is 20.3 Å². The minimum absolute atomic E-state index is 0.203. The SMILES string of the molecule is CC[C@@H](NC(=O)c1cnc(-c2cccnc2)nc1)c1ccc(F)cc1. The third kappa shape index (κ3) is 4.03. The maximum Gasteiger partial charge on any atom is 0.254 e. The van der Waals surface area contributed by atoms with Crippen molar-refractivity contribution in [3.05, 3.63) is 78.1 Å². The number of hydrogen-bond acceptors (Lipinski definition) is 4. The molecule has 0 unspecified atom stereocenters. The lowest BCUT2D eigenvalue weighted by Crippen LogP contribution is -2.28. The van der Waals surface area contributed by atoms with Crippen LogP contribution in [0.25, 0.3) is 11.4 Å². The number of benzene rings is 1. The number of carbonyl (C=O) groups is 1. The molecule has 1 N–H and O–H groups in total. The van der Waals surface area contributed by atoms with Gasteiger partial charge in [0.2, 0.25) is 0 Å². The van der Waals surface area contributed by atoms with Crippen LogP contribution in [-0.4, -0.2) is 20.9 Å². The average Bonchev–Trinajstić information content (AvgIpc) is 2.67. The molecule has 1 atom stereocenters. The van der Waals surface area contributed by atoms with Gasteiger partial charge < -0.3 is 5.32 Å². The van der Waals surface area contributed by atoms with Crippen molar-refractivity contribution in [2.24, 2.45) is 0 Å². The molecule has 0 bridgehead atoms. The summed E-state index contributed by atoms with van der Waals surface area (Å²) in [4.78, 5) is 24.9. The lowest BCUT2D eigenvalue weighted by molar-refractivity contribution is 0.0935. The number of pyridine rings is 1. The maximum absolute atomic E-state index is 13.1. The number of carbonyl (C=O) groups excluding carboxylic acids is 1. The van der Waals surface area contributed by atoms with Gasteiger partial charge in [-0.05, 0) is 36.2 Å². The van der Waals surface area contributed by atoms with Crippen molar-refractivity contribution in [3.63, 3.8) is 0 Å². The second-order valence-electron chi connectivity index (χ2n) is 5.52. The molecule has 0 aliphatic rings. The van der Waals surface area contributed by atoms with Gasteiger partial charge in [-0.25, -0.2) is 14.4 Å². The quantitative estimate of drug-likeness (QED) is 0.773. The summed E-state index contributed by atoms with van der Waals surface area (Å²) in [5.41, 5.74) is 2.01. The molecule has 25 heavy (non-hydrogen) atoms. The topological polar surface area (TPSA) is 67.8 Å². The van der Waals surface area contributed by atoms with Gasteiger partial charge in [0.15, 0.2) is 5.82 Å². The van der Waals surface area contributed by atoms with E-state index in [9.17, 15) is 9.18 Å². The van der Waals surface area contributed by atoms with Crippen LogP contribution in [-0.2, 0) is 0 Å². The number of hydrogen-bond donors (Lipinski definition) is 1. The van der Waals surface area contributed by atoms with Gasteiger partial charge in [-0.3, -0.25) is 9.78 Å². The van der Waals surface area contributed by atoms with Crippen LogP contribution in [0, 0.1) is 5.82 Å². The van der Waals surface area contributed by atoms with E-state index in [1.807, 2.05) is 13.0 Å². The van der Waals surface area contributed by atoms with Crippen LogP contribution in [0.4, 0.5) is 4.39 Å². The molecule has 0 spiro atoms. The first-order valence-electron chi connectivity index (χ1n) is 7.96. The Labute approximate surface area is 145 Å². The molecule has 0 radical (unpaired) electrons. The number of rotatable bonds is 5. The van der Waals surface area contributed by atoms with E-state index < -0.39 is 0 Å². The molecule has 3 rings (SSSR count). The van der Waals surface area contributed by atoms with Crippen LogP contribution in [0.2, 0.25) is 0 Å². The molecule has 2 aromatic heterocycles. The zero-order chi connectivity index (χ0) is 17.6. The molecule has 0 saturated heterocycles. The Morgan fingerprint density at radius 1 is 1.12 bits per heavy atom. The zero-order valence-corrected chi connectivity index (χ0v) is 13.7. The van der Waals surface area contributed by atoms with Gasteiger partial charge in [0.1, 0.15) is 5.82 Å². The minimum atomic E-state index is -0.302. The van der Waals surface area contributed by atoms with Crippen LogP contribution in [0.5, 0.6) is 0 Å². The highest BCUT2D eigenvalue weighted by Gasteiger charge is 2.15. The fraction of sp³-hybridized carbons (Fsp3) is 0.158. The molecule has 0 fully saturated rings. The third-order valence-electron chi connectivity index (χ3n) is 3.82. The number of halogens is 1. The van der Waals surface area contributed by atoms with E-state index in [-0.39, 0.29) is 17.8 Å². The Morgan fingerprint density at radius 3 is 2.44 bits per heavy atom. The summed E-state index contributed by atoms with van der Waals surface area (Å²) in [6.45, 7) is 1.95. The van der Waals surface area contributed by atoms with Gasteiger partial charge in [0.25, 0.3) is 5.91 Å². The van der Waals surface area contributed by atoms with Crippen LogP contribution in [0.1, 0.15) is 35.3 Å². The summed E-state index contributed by atoms with van der Waals surface area (Å²) in [6.07, 6.45) is 7.00. The van der Waals surface area contributed by atoms with Crippen molar-refractivity contribution in [3.8, 4) is 11.4 Å². The van der Waals surface area contributed by atoms with E-state index in [0.29, 0.717) is 17.8 Å². The number of nitrogens with one attached hydrogen (secondary N) is 1. The molecule has 0 aliphatic heterocycles. The van der Waals surface area contributed by atoms with E-state index in [0.717, 1.165) is 11.1 Å². The number of aromatic nitrogens is 3. The Bertz CT molecular complexity index is 836. The summed E-state index contributed by atoms with van der Waals surface area (Å²) in [5, 5.41) is 2.92. The molecule has 0 aliphatic carbocycles. The molecule has 1 aromatic carbocycles. The molecule has 3 aromatic rings. The molecule has 6 heteroatoms. The van der Waals surface area contributed by atoms with E-state index in [2.05, 4.69) is 20.3 Å². The van der Waals surface area contributed by atoms with Gasteiger partial charge in [-0.2, -0.15) is 0 Å². The zero-order valence-electron chi connectivity index (χ0n) is 13.7. The molecule has 1 amide bonds. The highest BCUT2D eigenvalue weighted by atomic mass is 19.1. The lowest BCUT2D eigenvalue weighted by Gasteiger charge is -2.17. The molecule has 5 nitrogen and oxygen atoms in total. The van der Waals surface area contributed by atoms with Crippen LogP contribution < -0.4 is 5.32 Å². The number of amides is 1. The van der Waals surface area contributed by atoms with Gasteiger partial charge in [-0.1, -0.05) is 19.1 Å². The van der Waals surface area contributed by atoms with Crippen molar-refractivity contribution in [1.29, 1.82) is 0 Å².